The first kappa shape index (κ1) is 24.8. The van der Waals surface area contributed by atoms with Crippen molar-refractivity contribution in [3.8, 4) is 0 Å². The molecule has 0 amide bonds. The lowest BCUT2D eigenvalue weighted by Gasteiger charge is -2.36. The highest BCUT2D eigenvalue weighted by atomic mass is 35.5. The van der Waals surface area contributed by atoms with Gasteiger partial charge in [-0.3, -0.25) is 9.52 Å². The third kappa shape index (κ3) is 4.63. The zero-order chi connectivity index (χ0) is 25.6. The number of carbonyl (C=O) groups is 1. The van der Waals surface area contributed by atoms with Crippen molar-refractivity contribution in [1.29, 1.82) is 0 Å². The molecule has 3 aromatic rings. The molecule has 36 heavy (non-hydrogen) atoms. The van der Waals surface area contributed by atoms with E-state index >= 15 is 0 Å². The molecule has 3 unspecified atom stereocenters. The highest BCUT2D eigenvalue weighted by Crippen LogP contribution is 2.50. The number of hydrogen-bond acceptors (Lipinski definition) is 5. The lowest BCUT2D eigenvalue weighted by Crippen LogP contribution is -2.29. The summed E-state index contributed by atoms with van der Waals surface area (Å²) in [6.07, 6.45) is 0.643. The van der Waals surface area contributed by atoms with Gasteiger partial charge in [-0.2, -0.15) is 0 Å². The molecule has 0 bridgehead atoms. The highest BCUT2D eigenvalue weighted by Gasteiger charge is 2.42. The summed E-state index contributed by atoms with van der Waals surface area (Å²) in [5.74, 6) is 0.225. The van der Waals surface area contributed by atoms with Gasteiger partial charge in [-0.25, -0.2) is 8.42 Å². The Labute approximate surface area is 217 Å². The topological polar surface area (TPSA) is 84.5 Å². The van der Waals surface area contributed by atoms with Gasteiger partial charge in [-0.05, 0) is 60.9 Å². The van der Waals surface area contributed by atoms with Gasteiger partial charge in [0.25, 0.3) is 10.0 Å². The summed E-state index contributed by atoms with van der Waals surface area (Å²) < 4.78 is 35.1. The predicted molar refractivity (Wildman–Crippen MR) is 142 cm³/mol. The molecule has 0 radical (unpaired) electrons. The van der Waals surface area contributed by atoms with Gasteiger partial charge in [0.15, 0.2) is 5.78 Å². The first-order chi connectivity index (χ1) is 17.1. The Balaban J connectivity index is 1.43. The lowest BCUT2D eigenvalue weighted by atomic mass is 9.81. The average molecular weight is 525 g/mol. The molecule has 1 saturated heterocycles. The molecule has 2 N–H and O–H groups in total. The van der Waals surface area contributed by atoms with Crippen LogP contribution in [0.5, 0.6) is 0 Å². The molecule has 3 atom stereocenters. The molecule has 6 nitrogen and oxygen atoms in total. The van der Waals surface area contributed by atoms with Crippen LogP contribution in [0.15, 0.2) is 65.6 Å². The normalized spacial score (nSPS) is 21.0. The molecule has 0 aliphatic carbocycles. The summed E-state index contributed by atoms with van der Waals surface area (Å²) in [4.78, 5) is 12.5. The molecular formula is C28H29ClN2O4S. The van der Waals surface area contributed by atoms with E-state index in [1.807, 2.05) is 45.0 Å². The first-order valence-corrected chi connectivity index (χ1v) is 14.0. The van der Waals surface area contributed by atoms with E-state index in [0.717, 1.165) is 28.8 Å². The second-order valence-electron chi connectivity index (χ2n) is 9.83. The van der Waals surface area contributed by atoms with E-state index in [1.165, 1.54) is 0 Å². The molecule has 2 aliphatic rings. The Kier molecular flexibility index (Phi) is 6.57. The van der Waals surface area contributed by atoms with E-state index in [4.69, 9.17) is 16.3 Å². The molecule has 0 saturated carbocycles. The number of aryl methyl sites for hydroxylation is 1. The van der Waals surface area contributed by atoms with Crippen molar-refractivity contribution in [2.24, 2.45) is 11.8 Å². The van der Waals surface area contributed by atoms with Crippen molar-refractivity contribution in [3.05, 3.63) is 87.9 Å². The Bertz CT molecular complexity index is 1420. The number of ketones is 1. The van der Waals surface area contributed by atoms with Crippen LogP contribution in [0.2, 0.25) is 5.02 Å². The third-order valence-corrected chi connectivity index (χ3v) is 8.81. The Hall–Kier alpha value is -2.87. The minimum Gasteiger partial charge on any atom is -0.378 e. The number of ether oxygens (including phenoxy) is 1. The molecular weight excluding hydrogens is 496 g/mol. The monoisotopic (exact) mass is 524 g/mol. The number of fused-ring (bicyclic) bond motifs is 3. The van der Waals surface area contributed by atoms with E-state index in [2.05, 4.69) is 10.0 Å². The van der Waals surface area contributed by atoms with Gasteiger partial charge in [0, 0.05) is 46.0 Å². The van der Waals surface area contributed by atoms with Crippen LogP contribution in [0.3, 0.4) is 0 Å². The van der Waals surface area contributed by atoms with E-state index in [0.29, 0.717) is 22.9 Å². The lowest BCUT2D eigenvalue weighted by molar-refractivity contribution is 0.0827. The summed E-state index contributed by atoms with van der Waals surface area (Å²) >= 11 is 6.08. The van der Waals surface area contributed by atoms with Gasteiger partial charge in [-0.15, -0.1) is 0 Å². The molecule has 188 valence electrons. The van der Waals surface area contributed by atoms with Crippen LogP contribution in [0.25, 0.3) is 0 Å². The SMILES string of the molecule is Cc1cc(NS(=O)(=O)c2ccc3c(c2)C2OCCC2C(c2ccc(C(=O)C(C)C)cc2)N3)ccc1Cl. The van der Waals surface area contributed by atoms with Gasteiger partial charge >= 0.3 is 0 Å². The molecule has 2 aliphatic heterocycles. The summed E-state index contributed by atoms with van der Waals surface area (Å²) in [6, 6.07) is 17.9. The van der Waals surface area contributed by atoms with Crippen molar-refractivity contribution < 1.29 is 17.9 Å². The molecule has 1 fully saturated rings. The summed E-state index contributed by atoms with van der Waals surface area (Å²) in [6.45, 7) is 6.23. The minimum absolute atomic E-state index is 0.00540. The van der Waals surface area contributed by atoms with Gasteiger partial charge in [0.1, 0.15) is 0 Å². The molecule has 3 aromatic carbocycles. The summed E-state index contributed by atoms with van der Waals surface area (Å²) in [5.41, 5.74) is 4.74. The third-order valence-electron chi connectivity index (χ3n) is 7.01. The number of halogens is 1. The number of Topliss-reactive ketones (excluding diaryl/α,β-unsaturated/α-hetero) is 1. The average Bonchev–Trinajstić information content (AvgIpc) is 3.35. The Morgan fingerprint density at radius 3 is 2.53 bits per heavy atom. The van der Waals surface area contributed by atoms with Crippen molar-refractivity contribution >= 4 is 38.8 Å². The molecule has 0 spiro atoms. The standard InChI is InChI=1S/C28H29ClN2O4S/c1-16(2)27(32)19-6-4-18(5-7-19)26-22-12-13-35-28(22)23-15-21(9-11-25(23)30-26)36(33,34)31-20-8-10-24(29)17(3)14-20/h4-11,14-16,22,26,28,30-31H,12-13H2,1-3H3. The van der Waals surface area contributed by atoms with Crippen molar-refractivity contribution in [2.45, 2.75) is 44.2 Å². The smallest absolute Gasteiger partial charge is 0.261 e. The van der Waals surface area contributed by atoms with E-state index in [9.17, 15) is 13.2 Å². The molecule has 5 rings (SSSR count). The maximum absolute atomic E-state index is 13.2. The van der Waals surface area contributed by atoms with Crippen LogP contribution in [-0.4, -0.2) is 20.8 Å². The van der Waals surface area contributed by atoms with Gasteiger partial charge in [-0.1, -0.05) is 49.7 Å². The van der Waals surface area contributed by atoms with E-state index < -0.39 is 10.0 Å². The van der Waals surface area contributed by atoms with Crippen molar-refractivity contribution in [2.75, 3.05) is 16.6 Å². The van der Waals surface area contributed by atoms with Crippen LogP contribution < -0.4 is 10.0 Å². The van der Waals surface area contributed by atoms with Crippen LogP contribution in [0, 0.1) is 18.8 Å². The maximum Gasteiger partial charge on any atom is 0.261 e. The highest BCUT2D eigenvalue weighted by molar-refractivity contribution is 7.92. The Morgan fingerprint density at radius 1 is 1.08 bits per heavy atom. The fraction of sp³-hybridized carbons (Fsp3) is 0.321. The number of sulfonamides is 1. The molecule has 0 aromatic heterocycles. The van der Waals surface area contributed by atoms with Gasteiger partial charge < -0.3 is 10.1 Å². The number of anilines is 2. The maximum atomic E-state index is 13.2. The second-order valence-corrected chi connectivity index (χ2v) is 11.9. The molecule has 2 heterocycles. The predicted octanol–water partition coefficient (Wildman–Crippen LogP) is 6.53. The van der Waals surface area contributed by atoms with E-state index in [1.54, 1.807) is 36.4 Å². The largest absolute Gasteiger partial charge is 0.378 e. The van der Waals surface area contributed by atoms with Crippen molar-refractivity contribution in [3.63, 3.8) is 0 Å². The van der Waals surface area contributed by atoms with Crippen molar-refractivity contribution in [1.82, 2.24) is 0 Å². The number of carbonyl (C=O) groups excluding carboxylic acids is 1. The van der Waals surface area contributed by atoms with Crippen LogP contribution >= 0.6 is 11.6 Å². The number of hydrogen-bond donors (Lipinski definition) is 2. The quantitative estimate of drug-likeness (QED) is 0.358. The van der Waals surface area contributed by atoms with Gasteiger partial charge in [0.2, 0.25) is 0 Å². The van der Waals surface area contributed by atoms with Crippen LogP contribution in [0.1, 0.15) is 59.5 Å². The van der Waals surface area contributed by atoms with E-state index in [-0.39, 0.29) is 34.7 Å². The Morgan fingerprint density at radius 2 is 1.83 bits per heavy atom. The number of benzene rings is 3. The summed E-state index contributed by atoms with van der Waals surface area (Å²) in [5, 5.41) is 4.18. The fourth-order valence-corrected chi connectivity index (χ4v) is 6.26. The van der Waals surface area contributed by atoms with Crippen LogP contribution in [0.4, 0.5) is 11.4 Å². The number of nitrogens with one attached hydrogen (secondary N) is 2. The number of rotatable bonds is 6. The molecule has 8 heteroatoms. The second kappa shape index (κ2) is 9.54. The zero-order valence-corrected chi connectivity index (χ0v) is 22.0. The zero-order valence-electron chi connectivity index (χ0n) is 20.4. The first-order valence-electron chi connectivity index (χ1n) is 12.1. The van der Waals surface area contributed by atoms with Crippen LogP contribution in [-0.2, 0) is 14.8 Å². The summed E-state index contributed by atoms with van der Waals surface area (Å²) in [7, 11) is -3.80. The fourth-order valence-electron chi connectivity index (χ4n) is 5.06. The van der Waals surface area contributed by atoms with Gasteiger partial charge in [0.05, 0.1) is 17.0 Å². The minimum atomic E-state index is -3.80.